The first-order valence-electron chi connectivity index (χ1n) is 10.9. The first-order chi connectivity index (χ1) is 16.0. The van der Waals surface area contributed by atoms with E-state index >= 15 is 0 Å². The summed E-state index contributed by atoms with van der Waals surface area (Å²) in [7, 11) is 0. The predicted molar refractivity (Wildman–Crippen MR) is 133 cm³/mol. The Morgan fingerprint density at radius 1 is 0.970 bits per heavy atom. The molecule has 0 spiro atoms. The molecule has 170 valence electrons. The van der Waals surface area contributed by atoms with Crippen molar-refractivity contribution in [2.75, 3.05) is 36.4 Å². The van der Waals surface area contributed by atoms with Gasteiger partial charge in [-0.2, -0.15) is 0 Å². The number of para-hydroxylation sites is 2. The third kappa shape index (κ3) is 4.62. The van der Waals surface area contributed by atoms with Crippen LogP contribution in [0, 0.1) is 13.8 Å². The van der Waals surface area contributed by atoms with Crippen molar-refractivity contribution in [3.63, 3.8) is 0 Å². The van der Waals surface area contributed by atoms with E-state index in [1.54, 1.807) is 0 Å². The lowest BCUT2D eigenvalue weighted by Gasteiger charge is -2.36. The van der Waals surface area contributed by atoms with Crippen LogP contribution in [0.4, 0.5) is 17.5 Å². The summed E-state index contributed by atoms with van der Waals surface area (Å²) in [6.07, 6.45) is 0. The zero-order valence-corrected chi connectivity index (χ0v) is 20.0. The normalized spacial score (nSPS) is 14.7. The molecule has 2 aromatic heterocycles. The molecule has 1 aliphatic rings. The smallest absolute Gasteiger partial charge is 0.233 e. The second-order valence-corrected chi connectivity index (χ2v) is 9.07. The molecular formula is C24H24Cl2N6O. The van der Waals surface area contributed by atoms with Gasteiger partial charge < -0.3 is 14.7 Å². The number of rotatable bonds is 5. The quantitative estimate of drug-likeness (QED) is 0.396. The first kappa shape index (κ1) is 21.9. The van der Waals surface area contributed by atoms with Crippen LogP contribution < -0.4 is 10.2 Å². The van der Waals surface area contributed by atoms with Gasteiger partial charge in [0.05, 0.1) is 16.7 Å². The zero-order valence-electron chi connectivity index (χ0n) is 18.5. The molecule has 0 bridgehead atoms. The summed E-state index contributed by atoms with van der Waals surface area (Å²) in [5.74, 6) is 2.06. The van der Waals surface area contributed by atoms with E-state index in [2.05, 4.69) is 20.3 Å². The van der Waals surface area contributed by atoms with Gasteiger partial charge in [0.25, 0.3) is 0 Å². The second kappa shape index (κ2) is 9.17. The number of halogens is 2. The lowest BCUT2D eigenvalue weighted by atomic mass is 10.2. The molecule has 1 saturated heterocycles. The van der Waals surface area contributed by atoms with Gasteiger partial charge in [-0.1, -0.05) is 40.5 Å². The average molecular weight is 483 g/mol. The fourth-order valence-corrected chi connectivity index (χ4v) is 4.33. The highest BCUT2D eigenvalue weighted by Crippen LogP contribution is 2.31. The van der Waals surface area contributed by atoms with Gasteiger partial charge in [-0.05, 0) is 49.7 Å². The second-order valence-electron chi connectivity index (χ2n) is 8.23. The Bertz CT molecular complexity index is 1300. The van der Waals surface area contributed by atoms with Crippen molar-refractivity contribution >= 4 is 51.8 Å². The van der Waals surface area contributed by atoms with Crippen LogP contribution in [0.3, 0.4) is 0 Å². The van der Waals surface area contributed by atoms with Crippen LogP contribution in [0.5, 0.6) is 0 Å². The highest BCUT2D eigenvalue weighted by Gasteiger charge is 2.23. The Labute approximate surface area is 202 Å². The van der Waals surface area contributed by atoms with E-state index in [9.17, 15) is 0 Å². The third-order valence-corrected chi connectivity index (χ3v) is 6.62. The maximum absolute atomic E-state index is 6.37. The van der Waals surface area contributed by atoms with Gasteiger partial charge in [-0.3, -0.25) is 4.90 Å². The molecule has 5 rings (SSSR count). The molecule has 0 unspecified atom stereocenters. The molecule has 1 fully saturated rings. The minimum absolute atomic E-state index is 0.590. The van der Waals surface area contributed by atoms with Crippen molar-refractivity contribution in [3.05, 3.63) is 69.3 Å². The summed E-state index contributed by atoms with van der Waals surface area (Å²) in [4.78, 5) is 14.4. The van der Waals surface area contributed by atoms with Crippen LogP contribution in [0.2, 0.25) is 10.0 Å². The van der Waals surface area contributed by atoms with Crippen LogP contribution in [0.25, 0.3) is 11.0 Å². The van der Waals surface area contributed by atoms with Crippen LogP contribution in [-0.4, -0.2) is 46.2 Å². The number of fused-ring (bicyclic) bond motifs is 1. The van der Waals surface area contributed by atoms with Crippen LogP contribution in [0.1, 0.15) is 16.8 Å². The van der Waals surface area contributed by atoms with Gasteiger partial charge in [0.2, 0.25) is 5.88 Å². The molecule has 3 heterocycles. The summed E-state index contributed by atoms with van der Waals surface area (Å²) in [6, 6.07) is 13.5. The Morgan fingerprint density at radius 3 is 2.39 bits per heavy atom. The standard InChI is InChI=1S/C24H24Cl2N6O/c1-15-16(2)30-33-24(15)29-22-23(28-21-6-4-3-5-20(21)27-22)32-11-9-31(10-12-32)14-17-13-18(25)7-8-19(17)26/h3-8,13H,9-12,14H2,1-2H3,(H,27,29). The molecule has 0 aliphatic carbocycles. The summed E-state index contributed by atoms with van der Waals surface area (Å²) < 4.78 is 5.48. The predicted octanol–water partition coefficient (Wildman–Crippen LogP) is 5.61. The van der Waals surface area contributed by atoms with E-state index in [1.807, 2.05) is 56.3 Å². The van der Waals surface area contributed by atoms with Crippen LogP contribution >= 0.6 is 23.2 Å². The van der Waals surface area contributed by atoms with Gasteiger partial charge in [-0.25, -0.2) is 9.97 Å². The van der Waals surface area contributed by atoms with Crippen LogP contribution in [0.15, 0.2) is 47.0 Å². The molecule has 0 amide bonds. The van der Waals surface area contributed by atoms with E-state index in [0.717, 1.165) is 71.4 Å². The van der Waals surface area contributed by atoms with Gasteiger partial charge in [0, 0.05) is 48.3 Å². The van der Waals surface area contributed by atoms with Crippen molar-refractivity contribution in [1.82, 2.24) is 20.0 Å². The molecule has 2 aromatic carbocycles. The van der Waals surface area contributed by atoms with E-state index in [1.165, 1.54) is 0 Å². The lowest BCUT2D eigenvalue weighted by Crippen LogP contribution is -2.46. The number of anilines is 3. The number of hydrogen-bond donors (Lipinski definition) is 1. The number of benzene rings is 2. The summed E-state index contributed by atoms with van der Waals surface area (Å²) in [5.41, 5.74) is 4.53. The monoisotopic (exact) mass is 482 g/mol. The molecular weight excluding hydrogens is 459 g/mol. The zero-order chi connectivity index (χ0) is 22.9. The lowest BCUT2D eigenvalue weighted by molar-refractivity contribution is 0.249. The number of nitrogens with zero attached hydrogens (tertiary/aromatic N) is 5. The van der Waals surface area contributed by atoms with Gasteiger partial charge in [-0.15, -0.1) is 0 Å². The van der Waals surface area contributed by atoms with Crippen molar-refractivity contribution in [1.29, 1.82) is 0 Å². The highest BCUT2D eigenvalue weighted by molar-refractivity contribution is 6.33. The van der Waals surface area contributed by atoms with Crippen molar-refractivity contribution in [2.45, 2.75) is 20.4 Å². The molecule has 4 aromatic rings. The Hall–Kier alpha value is -2.87. The van der Waals surface area contributed by atoms with E-state index in [0.29, 0.717) is 16.7 Å². The Morgan fingerprint density at radius 2 is 1.70 bits per heavy atom. The summed E-state index contributed by atoms with van der Waals surface area (Å²) in [5, 5.41) is 8.82. The minimum atomic E-state index is 0.590. The summed E-state index contributed by atoms with van der Waals surface area (Å²) in [6.45, 7) is 8.03. The molecule has 7 nitrogen and oxygen atoms in total. The number of nitrogens with one attached hydrogen (secondary N) is 1. The van der Waals surface area contributed by atoms with Gasteiger partial charge >= 0.3 is 0 Å². The van der Waals surface area contributed by atoms with E-state index in [-0.39, 0.29) is 0 Å². The Kier molecular flexibility index (Phi) is 6.10. The van der Waals surface area contributed by atoms with Gasteiger partial charge in [0.1, 0.15) is 0 Å². The molecule has 0 saturated carbocycles. The fraction of sp³-hybridized carbons (Fsp3) is 0.292. The number of aryl methyl sites for hydroxylation is 1. The molecule has 33 heavy (non-hydrogen) atoms. The number of hydrogen-bond acceptors (Lipinski definition) is 7. The van der Waals surface area contributed by atoms with Crippen molar-refractivity contribution in [2.24, 2.45) is 0 Å². The average Bonchev–Trinajstić information content (AvgIpc) is 3.14. The van der Waals surface area contributed by atoms with Crippen molar-refractivity contribution < 1.29 is 4.52 Å². The number of aromatic nitrogens is 3. The maximum Gasteiger partial charge on any atom is 0.233 e. The largest absolute Gasteiger partial charge is 0.351 e. The highest BCUT2D eigenvalue weighted by atomic mass is 35.5. The maximum atomic E-state index is 6.37. The first-order valence-corrected chi connectivity index (χ1v) is 11.6. The van der Waals surface area contributed by atoms with Crippen molar-refractivity contribution in [3.8, 4) is 0 Å². The molecule has 1 aliphatic heterocycles. The van der Waals surface area contributed by atoms with E-state index < -0.39 is 0 Å². The molecule has 1 N–H and O–H groups in total. The fourth-order valence-electron chi connectivity index (χ4n) is 3.96. The third-order valence-electron chi connectivity index (χ3n) is 6.01. The van der Waals surface area contributed by atoms with E-state index in [4.69, 9.17) is 37.7 Å². The topological polar surface area (TPSA) is 70.3 Å². The molecule has 0 atom stereocenters. The van der Waals surface area contributed by atoms with Gasteiger partial charge in [0.15, 0.2) is 11.6 Å². The molecule has 9 heteroatoms. The number of piperazine rings is 1. The molecule has 0 radical (unpaired) electrons. The minimum Gasteiger partial charge on any atom is -0.351 e. The Balaban J connectivity index is 1.38. The van der Waals surface area contributed by atoms with Crippen LogP contribution in [-0.2, 0) is 6.54 Å². The SMILES string of the molecule is Cc1noc(Nc2nc3ccccc3nc2N2CCN(Cc3cc(Cl)ccc3Cl)CC2)c1C. The summed E-state index contributed by atoms with van der Waals surface area (Å²) >= 11 is 12.5.